The van der Waals surface area contributed by atoms with Crippen LogP contribution >= 0.6 is 11.8 Å². The topological polar surface area (TPSA) is 205 Å². The standard InChI is InChI=1S/C19H25N5O8S2/c1-7-14-13(8(2)25)18(27)24(14)15(19(28)29)16(7)33-9-3-10(21-4-9)17(26)23-5-11-22-6-12(32-11)34(20,30)31/h6-10,13-14,21,25H,3-5H2,1-2H3,(H,23,26)(H,28,29)(H2,20,30,31)/t7-,8-,9+,10+,13-,14-/m1/s1. The fourth-order valence-corrected chi connectivity index (χ4v) is 6.53. The van der Waals surface area contributed by atoms with E-state index in [1.807, 2.05) is 6.92 Å². The average molecular weight is 516 g/mol. The Kier molecular flexibility index (Phi) is 6.50. The lowest BCUT2D eigenvalue weighted by Gasteiger charge is -2.46. The quantitative estimate of drug-likeness (QED) is 0.253. The van der Waals surface area contributed by atoms with Crippen LogP contribution in [0.25, 0.3) is 0 Å². The molecule has 3 aliphatic heterocycles. The zero-order chi connectivity index (χ0) is 24.9. The molecule has 4 rings (SSSR count). The van der Waals surface area contributed by atoms with Crippen molar-refractivity contribution in [3.63, 3.8) is 0 Å². The number of oxazole rings is 1. The molecule has 13 nitrogen and oxygen atoms in total. The first-order valence-corrected chi connectivity index (χ1v) is 13.0. The highest BCUT2D eigenvalue weighted by molar-refractivity contribution is 8.03. The van der Waals surface area contributed by atoms with Crippen LogP contribution in [-0.4, -0.2) is 76.3 Å². The maximum atomic E-state index is 12.5. The Morgan fingerprint density at radius 3 is 2.76 bits per heavy atom. The molecular weight excluding hydrogens is 490 g/mol. The second kappa shape index (κ2) is 8.96. The maximum Gasteiger partial charge on any atom is 0.353 e. The third kappa shape index (κ3) is 4.33. The van der Waals surface area contributed by atoms with E-state index in [4.69, 9.17) is 9.56 Å². The highest BCUT2D eigenvalue weighted by Gasteiger charge is 2.60. The Balaban J connectivity index is 1.37. The Morgan fingerprint density at radius 1 is 1.47 bits per heavy atom. The summed E-state index contributed by atoms with van der Waals surface area (Å²) >= 11 is 1.33. The number of carboxylic acid groups (broad SMARTS) is 1. The predicted molar refractivity (Wildman–Crippen MR) is 117 cm³/mol. The summed E-state index contributed by atoms with van der Waals surface area (Å²) in [4.78, 5) is 42.5. The number of carbonyl (C=O) groups excluding carboxylic acids is 2. The van der Waals surface area contributed by atoms with E-state index >= 15 is 0 Å². The molecule has 0 saturated carbocycles. The van der Waals surface area contributed by atoms with Crippen molar-refractivity contribution in [3.05, 3.63) is 22.7 Å². The molecule has 1 aromatic heterocycles. The molecule has 0 spiro atoms. The summed E-state index contributed by atoms with van der Waals surface area (Å²) in [5.74, 6) is -2.83. The van der Waals surface area contributed by atoms with E-state index in [1.54, 1.807) is 0 Å². The molecule has 34 heavy (non-hydrogen) atoms. The van der Waals surface area contributed by atoms with Crippen molar-refractivity contribution < 1.29 is 37.4 Å². The number of nitrogens with zero attached hydrogens (tertiary/aromatic N) is 2. The lowest BCUT2D eigenvalue weighted by molar-refractivity contribution is -0.163. The molecule has 2 amide bonds. The van der Waals surface area contributed by atoms with E-state index in [-0.39, 0.29) is 35.2 Å². The van der Waals surface area contributed by atoms with Crippen LogP contribution in [-0.2, 0) is 31.0 Å². The molecule has 1 aromatic rings. The van der Waals surface area contributed by atoms with Crippen molar-refractivity contribution in [2.45, 2.75) is 55.3 Å². The van der Waals surface area contributed by atoms with Gasteiger partial charge >= 0.3 is 5.97 Å². The summed E-state index contributed by atoms with van der Waals surface area (Å²) in [5.41, 5.74) is -0.0492. The van der Waals surface area contributed by atoms with Gasteiger partial charge in [0, 0.05) is 22.6 Å². The first-order chi connectivity index (χ1) is 15.9. The molecule has 6 N–H and O–H groups in total. The van der Waals surface area contributed by atoms with Crippen molar-refractivity contribution in [2.75, 3.05) is 6.54 Å². The van der Waals surface area contributed by atoms with E-state index in [0.717, 1.165) is 6.20 Å². The first-order valence-electron chi connectivity index (χ1n) is 10.5. The third-order valence-corrected chi connectivity index (χ3v) is 8.50. The molecule has 2 fully saturated rings. The molecule has 15 heteroatoms. The fraction of sp³-hybridized carbons (Fsp3) is 0.579. The van der Waals surface area contributed by atoms with Gasteiger partial charge in [0.15, 0.2) is 0 Å². The number of rotatable bonds is 8. The van der Waals surface area contributed by atoms with E-state index in [1.165, 1.54) is 23.6 Å². The van der Waals surface area contributed by atoms with Crippen LogP contribution in [0.3, 0.4) is 0 Å². The number of β-lactam (4-membered cyclic amide) rings is 1. The number of carbonyl (C=O) groups is 3. The van der Waals surface area contributed by atoms with E-state index in [2.05, 4.69) is 15.6 Å². The molecule has 0 bridgehead atoms. The van der Waals surface area contributed by atoms with E-state index in [0.29, 0.717) is 17.9 Å². The van der Waals surface area contributed by atoms with Crippen LogP contribution in [0, 0.1) is 11.8 Å². The lowest BCUT2D eigenvalue weighted by Crippen LogP contribution is -2.63. The second-order valence-corrected chi connectivity index (χ2v) is 11.4. The van der Waals surface area contributed by atoms with Crippen molar-refractivity contribution in [3.8, 4) is 0 Å². The number of aliphatic hydroxyl groups is 1. The monoisotopic (exact) mass is 515 g/mol. The second-order valence-electron chi connectivity index (χ2n) is 8.54. The number of hydrogen-bond acceptors (Lipinski definition) is 10. The van der Waals surface area contributed by atoms with Crippen LogP contribution in [0.1, 0.15) is 26.2 Å². The number of aliphatic carboxylic acids is 1. The van der Waals surface area contributed by atoms with Crippen LogP contribution in [0.5, 0.6) is 0 Å². The minimum Gasteiger partial charge on any atom is -0.477 e. The number of thioether (sulfide) groups is 1. The number of sulfonamides is 1. The zero-order valence-electron chi connectivity index (χ0n) is 18.3. The van der Waals surface area contributed by atoms with Gasteiger partial charge in [0.25, 0.3) is 15.1 Å². The van der Waals surface area contributed by atoms with E-state index in [9.17, 15) is 33.0 Å². The zero-order valence-corrected chi connectivity index (χ0v) is 19.9. The SMILES string of the molecule is C[C@@H](O)[C@H]1C(=O)N2C(C(=O)O)=C(S[C@@H]3CN[C@H](C(=O)NCc4ncc(S(N)(=O)=O)o4)C3)[C@H](C)[C@H]12. The predicted octanol–water partition coefficient (Wildman–Crippen LogP) is -1.44. The van der Waals surface area contributed by atoms with Gasteiger partial charge in [-0.15, -0.1) is 11.8 Å². The molecule has 4 heterocycles. The van der Waals surface area contributed by atoms with Gasteiger partial charge in [-0.3, -0.25) is 9.59 Å². The number of nitrogens with two attached hydrogens (primary N) is 1. The minimum atomic E-state index is -4.03. The van der Waals surface area contributed by atoms with Gasteiger partial charge in [-0.25, -0.2) is 23.3 Å². The van der Waals surface area contributed by atoms with Gasteiger partial charge in [-0.2, -0.15) is 0 Å². The van der Waals surface area contributed by atoms with E-state index < -0.39 is 51.1 Å². The number of amides is 2. The summed E-state index contributed by atoms with van der Waals surface area (Å²) in [6.45, 7) is 3.68. The van der Waals surface area contributed by atoms with Crippen molar-refractivity contribution in [2.24, 2.45) is 17.0 Å². The van der Waals surface area contributed by atoms with Gasteiger partial charge in [-0.1, -0.05) is 6.92 Å². The molecule has 0 aliphatic carbocycles. The molecule has 2 saturated heterocycles. The summed E-state index contributed by atoms with van der Waals surface area (Å²) in [7, 11) is -4.03. The summed E-state index contributed by atoms with van der Waals surface area (Å²) in [6, 6.07) is -0.947. The number of hydrogen-bond donors (Lipinski definition) is 5. The summed E-state index contributed by atoms with van der Waals surface area (Å²) in [5, 5.41) is 29.7. The van der Waals surface area contributed by atoms with Gasteiger partial charge in [-0.05, 0) is 13.3 Å². The Bertz CT molecular complexity index is 1160. The minimum absolute atomic E-state index is 0.0146. The Labute approximate surface area is 199 Å². The fourth-order valence-electron chi connectivity index (χ4n) is 4.64. The van der Waals surface area contributed by atoms with Gasteiger partial charge in [0.1, 0.15) is 5.70 Å². The third-order valence-electron chi connectivity index (χ3n) is 6.24. The van der Waals surface area contributed by atoms with Gasteiger partial charge < -0.3 is 30.2 Å². The summed E-state index contributed by atoms with van der Waals surface area (Å²) in [6.07, 6.45) is 0.497. The van der Waals surface area contributed by atoms with Crippen molar-refractivity contribution in [1.29, 1.82) is 0 Å². The van der Waals surface area contributed by atoms with Crippen LogP contribution in [0.4, 0.5) is 0 Å². The normalized spacial score (nSPS) is 29.7. The van der Waals surface area contributed by atoms with Crippen LogP contribution < -0.4 is 15.8 Å². The molecule has 0 aromatic carbocycles. The number of carboxylic acids is 1. The highest BCUT2D eigenvalue weighted by Crippen LogP contribution is 2.51. The molecular formula is C19H25N5O8S2. The number of aromatic nitrogens is 1. The number of nitrogens with one attached hydrogen (secondary N) is 2. The van der Waals surface area contributed by atoms with Gasteiger partial charge in [0.05, 0.1) is 36.8 Å². The van der Waals surface area contributed by atoms with Crippen LogP contribution in [0.15, 0.2) is 26.3 Å². The Hall–Kier alpha value is -2.46. The lowest BCUT2D eigenvalue weighted by atomic mass is 9.79. The van der Waals surface area contributed by atoms with Crippen LogP contribution in [0.2, 0.25) is 0 Å². The maximum absolute atomic E-state index is 12.5. The largest absolute Gasteiger partial charge is 0.477 e. The van der Waals surface area contributed by atoms with Crippen molar-refractivity contribution in [1.82, 2.24) is 20.5 Å². The molecule has 0 unspecified atom stereocenters. The molecule has 6 atom stereocenters. The Morgan fingerprint density at radius 2 is 2.18 bits per heavy atom. The molecule has 3 aliphatic rings. The highest BCUT2D eigenvalue weighted by atomic mass is 32.2. The molecule has 0 radical (unpaired) electrons. The smallest absolute Gasteiger partial charge is 0.353 e. The number of aliphatic hydroxyl groups excluding tert-OH is 1. The molecule has 186 valence electrons. The van der Waals surface area contributed by atoms with Crippen molar-refractivity contribution >= 4 is 39.6 Å². The summed E-state index contributed by atoms with van der Waals surface area (Å²) < 4.78 is 27.5. The van der Waals surface area contributed by atoms with Gasteiger partial charge in [0.2, 0.25) is 17.7 Å². The average Bonchev–Trinajstić information content (AvgIpc) is 3.44. The first kappa shape index (κ1) is 24.7. The number of primary sulfonamides is 1. The number of fused-ring (bicyclic) bond motifs is 1.